The van der Waals surface area contributed by atoms with Gasteiger partial charge in [-0.1, -0.05) is 25.8 Å². The maximum Gasteiger partial charge on any atom is 0.212 e. The molecule has 0 N–H and O–H groups in total. The molecule has 1 aromatic rings. The van der Waals surface area contributed by atoms with Crippen molar-refractivity contribution in [3.63, 3.8) is 0 Å². The quantitative estimate of drug-likeness (QED) is 0.496. The van der Waals surface area contributed by atoms with Crippen LogP contribution in [0.5, 0.6) is 0 Å². The number of aryl methyl sites for hydroxylation is 1. The lowest BCUT2D eigenvalue weighted by Crippen LogP contribution is -1.88. The number of halogens is 1. The molecule has 12 heavy (non-hydrogen) atoms. The lowest BCUT2D eigenvalue weighted by molar-refractivity contribution is 0.581. The second kappa shape index (κ2) is 4.86. The predicted octanol–water partition coefficient (Wildman–Crippen LogP) is 2.95. The Labute approximate surface area is 72.6 Å². The molecule has 0 fully saturated rings. The van der Waals surface area contributed by atoms with Gasteiger partial charge < -0.3 is 0 Å². The summed E-state index contributed by atoms with van der Waals surface area (Å²) in [6.45, 7) is 2.17. The minimum Gasteiger partial charge on any atom is -0.228 e. The molecule has 2 heteroatoms. The summed E-state index contributed by atoms with van der Waals surface area (Å²) in [6, 6.07) is 3.22. The summed E-state index contributed by atoms with van der Waals surface area (Å²) in [4.78, 5) is 3.59. The first kappa shape index (κ1) is 9.17. The van der Waals surface area contributed by atoms with Crippen LogP contribution >= 0.6 is 0 Å². The van der Waals surface area contributed by atoms with Gasteiger partial charge >= 0.3 is 0 Å². The fourth-order valence-corrected chi connectivity index (χ4v) is 1.13. The number of rotatable bonds is 4. The van der Waals surface area contributed by atoms with Crippen molar-refractivity contribution in [2.45, 2.75) is 32.6 Å². The Hall–Kier alpha value is -0.920. The van der Waals surface area contributed by atoms with Crippen LogP contribution in [0.2, 0.25) is 0 Å². The van der Waals surface area contributed by atoms with Crippen LogP contribution in [0.15, 0.2) is 18.3 Å². The fourth-order valence-electron chi connectivity index (χ4n) is 1.13. The van der Waals surface area contributed by atoms with Crippen molar-refractivity contribution in [3.8, 4) is 0 Å². The number of pyridine rings is 1. The van der Waals surface area contributed by atoms with Crippen molar-refractivity contribution in [3.05, 3.63) is 29.8 Å². The van der Waals surface area contributed by atoms with Gasteiger partial charge in [-0.25, -0.2) is 4.98 Å². The van der Waals surface area contributed by atoms with E-state index in [4.69, 9.17) is 0 Å². The lowest BCUT2D eigenvalue weighted by Gasteiger charge is -1.98. The molecule has 0 unspecified atom stereocenters. The van der Waals surface area contributed by atoms with E-state index in [9.17, 15) is 4.39 Å². The molecule has 0 radical (unpaired) electrons. The number of unbranched alkanes of at least 4 members (excludes halogenated alkanes) is 2. The average Bonchev–Trinajstić information content (AvgIpc) is 2.09. The van der Waals surface area contributed by atoms with Gasteiger partial charge in [0.25, 0.3) is 0 Å². The number of aromatic nitrogens is 1. The Kier molecular flexibility index (Phi) is 3.71. The molecule has 0 aliphatic heterocycles. The van der Waals surface area contributed by atoms with E-state index in [-0.39, 0.29) is 0 Å². The Balaban J connectivity index is 2.37. The molecule has 1 nitrogen and oxygen atoms in total. The van der Waals surface area contributed by atoms with Crippen LogP contribution in [0.4, 0.5) is 4.39 Å². The highest BCUT2D eigenvalue weighted by Gasteiger charge is 1.93. The first-order chi connectivity index (χ1) is 5.83. The van der Waals surface area contributed by atoms with E-state index in [1.807, 2.05) is 0 Å². The largest absolute Gasteiger partial charge is 0.228 e. The van der Waals surface area contributed by atoms with Gasteiger partial charge in [0.15, 0.2) is 0 Å². The van der Waals surface area contributed by atoms with Crippen LogP contribution in [0, 0.1) is 5.95 Å². The minimum atomic E-state index is -0.394. The van der Waals surface area contributed by atoms with Crippen LogP contribution in [-0.4, -0.2) is 4.98 Å². The third kappa shape index (κ3) is 2.99. The van der Waals surface area contributed by atoms with Gasteiger partial charge in [-0.05, 0) is 24.5 Å². The van der Waals surface area contributed by atoms with E-state index in [1.54, 1.807) is 12.3 Å². The topological polar surface area (TPSA) is 12.9 Å². The highest BCUT2D eigenvalue weighted by atomic mass is 19.1. The second-order valence-corrected chi connectivity index (χ2v) is 2.95. The van der Waals surface area contributed by atoms with Crippen molar-refractivity contribution < 1.29 is 4.39 Å². The summed E-state index contributed by atoms with van der Waals surface area (Å²) in [5.41, 5.74) is 1.13. The zero-order valence-electron chi connectivity index (χ0n) is 7.39. The SMILES string of the molecule is CCCCCc1ccc(F)nc1. The van der Waals surface area contributed by atoms with E-state index < -0.39 is 5.95 Å². The maximum absolute atomic E-state index is 12.4. The van der Waals surface area contributed by atoms with Crippen molar-refractivity contribution >= 4 is 0 Å². The smallest absolute Gasteiger partial charge is 0.212 e. The maximum atomic E-state index is 12.4. The van der Waals surface area contributed by atoms with E-state index in [2.05, 4.69) is 11.9 Å². The summed E-state index contributed by atoms with van der Waals surface area (Å²) in [7, 11) is 0. The third-order valence-corrected chi connectivity index (χ3v) is 1.86. The van der Waals surface area contributed by atoms with Gasteiger partial charge in [0.2, 0.25) is 5.95 Å². The molecule has 0 aliphatic rings. The summed E-state index contributed by atoms with van der Waals surface area (Å²) in [5, 5.41) is 0. The standard InChI is InChI=1S/C10H14FN/c1-2-3-4-5-9-6-7-10(11)12-8-9/h6-8H,2-5H2,1H3. The van der Waals surface area contributed by atoms with E-state index in [0.717, 1.165) is 12.0 Å². The third-order valence-electron chi connectivity index (χ3n) is 1.86. The molecule has 1 rings (SSSR count). The summed E-state index contributed by atoms with van der Waals surface area (Å²) < 4.78 is 12.4. The predicted molar refractivity (Wildman–Crippen MR) is 47.4 cm³/mol. The first-order valence-corrected chi connectivity index (χ1v) is 4.43. The molecule has 0 spiro atoms. The van der Waals surface area contributed by atoms with Crippen LogP contribution in [-0.2, 0) is 6.42 Å². The molecular formula is C10H14FN. The molecule has 0 amide bonds. The Morgan fingerprint density at radius 1 is 1.33 bits per heavy atom. The lowest BCUT2D eigenvalue weighted by atomic mass is 10.1. The van der Waals surface area contributed by atoms with Gasteiger partial charge in [-0.2, -0.15) is 4.39 Å². The summed E-state index contributed by atoms with van der Waals surface area (Å²) in [6.07, 6.45) is 6.25. The molecule has 0 aromatic carbocycles. The highest BCUT2D eigenvalue weighted by molar-refractivity contribution is 5.09. The van der Waals surface area contributed by atoms with Gasteiger partial charge in [0.05, 0.1) is 0 Å². The van der Waals surface area contributed by atoms with Crippen LogP contribution < -0.4 is 0 Å². The number of nitrogens with zero attached hydrogens (tertiary/aromatic N) is 1. The van der Waals surface area contributed by atoms with E-state index in [0.29, 0.717) is 0 Å². The van der Waals surface area contributed by atoms with Gasteiger partial charge in [0, 0.05) is 6.20 Å². The van der Waals surface area contributed by atoms with Gasteiger partial charge in [0.1, 0.15) is 0 Å². The van der Waals surface area contributed by atoms with Gasteiger partial charge in [-0.3, -0.25) is 0 Å². The zero-order chi connectivity index (χ0) is 8.81. The van der Waals surface area contributed by atoms with Crippen molar-refractivity contribution in [1.82, 2.24) is 4.98 Å². The molecule has 1 aromatic heterocycles. The molecule has 0 saturated heterocycles. The first-order valence-electron chi connectivity index (χ1n) is 4.43. The fraction of sp³-hybridized carbons (Fsp3) is 0.500. The monoisotopic (exact) mass is 167 g/mol. The highest BCUT2D eigenvalue weighted by Crippen LogP contribution is 2.05. The summed E-state index contributed by atoms with van der Waals surface area (Å²) in [5.74, 6) is -0.394. The zero-order valence-corrected chi connectivity index (χ0v) is 7.39. The normalized spacial score (nSPS) is 10.2. The Morgan fingerprint density at radius 2 is 2.17 bits per heavy atom. The van der Waals surface area contributed by atoms with E-state index in [1.165, 1.54) is 25.3 Å². The summed E-state index contributed by atoms with van der Waals surface area (Å²) >= 11 is 0. The van der Waals surface area contributed by atoms with Gasteiger partial charge in [-0.15, -0.1) is 0 Å². The molecule has 0 aliphatic carbocycles. The molecule has 0 atom stereocenters. The Morgan fingerprint density at radius 3 is 2.75 bits per heavy atom. The molecule has 0 bridgehead atoms. The van der Waals surface area contributed by atoms with Crippen LogP contribution in [0.3, 0.4) is 0 Å². The van der Waals surface area contributed by atoms with Crippen LogP contribution in [0.1, 0.15) is 31.7 Å². The molecule has 66 valence electrons. The van der Waals surface area contributed by atoms with Crippen molar-refractivity contribution in [2.24, 2.45) is 0 Å². The second-order valence-electron chi connectivity index (χ2n) is 2.95. The molecular weight excluding hydrogens is 153 g/mol. The number of hydrogen-bond donors (Lipinski definition) is 0. The minimum absolute atomic E-state index is 0.394. The van der Waals surface area contributed by atoms with Crippen LogP contribution in [0.25, 0.3) is 0 Å². The van der Waals surface area contributed by atoms with Crippen molar-refractivity contribution in [1.29, 1.82) is 0 Å². The van der Waals surface area contributed by atoms with E-state index >= 15 is 0 Å². The van der Waals surface area contributed by atoms with Crippen molar-refractivity contribution in [2.75, 3.05) is 0 Å². The Bertz CT molecular complexity index is 218. The molecule has 1 heterocycles. The molecule has 0 saturated carbocycles. The number of hydrogen-bond acceptors (Lipinski definition) is 1. The average molecular weight is 167 g/mol.